The lowest BCUT2D eigenvalue weighted by Crippen LogP contribution is -2.36. The van der Waals surface area contributed by atoms with Crippen LogP contribution in [-0.4, -0.2) is 37.0 Å². The van der Waals surface area contributed by atoms with Crippen molar-refractivity contribution in [3.05, 3.63) is 52.2 Å². The molecule has 0 radical (unpaired) electrons. The van der Waals surface area contributed by atoms with E-state index in [1.165, 1.54) is 17.7 Å². The number of carbonyl (C=O) groups excluding carboxylic acids is 1. The molecule has 6 heteroatoms. The van der Waals surface area contributed by atoms with E-state index in [4.69, 9.17) is 4.74 Å². The van der Waals surface area contributed by atoms with Crippen LogP contribution in [0.1, 0.15) is 48.0 Å². The molecule has 1 atom stereocenters. The molecular formula is C21H29ClN2O2S. The number of hydrogen-bond acceptors (Lipinski definition) is 4. The molecule has 0 spiro atoms. The monoisotopic (exact) mass is 408 g/mol. The van der Waals surface area contributed by atoms with Gasteiger partial charge in [-0.1, -0.05) is 19.9 Å². The molecule has 2 heterocycles. The van der Waals surface area contributed by atoms with Crippen LogP contribution in [0.5, 0.6) is 5.75 Å². The summed E-state index contributed by atoms with van der Waals surface area (Å²) < 4.78 is 5.68. The van der Waals surface area contributed by atoms with E-state index in [0.717, 1.165) is 18.8 Å². The lowest BCUT2D eigenvalue weighted by atomic mass is 10.1. The second-order valence-electron chi connectivity index (χ2n) is 7.21. The van der Waals surface area contributed by atoms with Gasteiger partial charge in [0.1, 0.15) is 5.75 Å². The lowest BCUT2D eigenvalue weighted by Gasteiger charge is -2.27. The highest BCUT2D eigenvalue weighted by Crippen LogP contribution is 2.28. The van der Waals surface area contributed by atoms with Gasteiger partial charge in [0, 0.05) is 17.0 Å². The van der Waals surface area contributed by atoms with Gasteiger partial charge in [0.25, 0.3) is 5.91 Å². The van der Waals surface area contributed by atoms with Crippen LogP contribution in [-0.2, 0) is 0 Å². The van der Waals surface area contributed by atoms with Crippen LogP contribution in [0.15, 0.2) is 41.8 Å². The van der Waals surface area contributed by atoms with E-state index >= 15 is 0 Å². The molecule has 2 aromatic rings. The molecule has 1 saturated heterocycles. The van der Waals surface area contributed by atoms with Crippen molar-refractivity contribution in [1.82, 2.24) is 10.2 Å². The maximum Gasteiger partial charge on any atom is 0.251 e. The predicted octanol–water partition coefficient (Wildman–Crippen LogP) is 4.77. The number of amides is 1. The molecule has 4 nitrogen and oxygen atoms in total. The maximum atomic E-state index is 12.5. The highest BCUT2D eigenvalue weighted by atomic mass is 35.5. The van der Waals surface area contributed by atoms with Crippen LogP contribution in [0.4, 0.5) is 0 Å². The molecule has 0 bridgehead atoms. The van der Waals surface area contributed by atoms with E-state index in [1.54, 1.807) is 11.3 Å². The molecule has 1 aliphatic rings. The minimum atomic E-state index is -0.0267. The van der Waals surface area contributed by atoms with E-state index in [1.807, 2.05) is 24.3 Å². The fraction of sp³-hybridized carbons (Fsp3) is 0.476. The van der Waals surface area contributed by atoms with E-state index in [9.17, 15) is 4.79 Å². The number of nitrogens with zero attached hydrogens (tertiary/aromatic N) is 1. The van der Waals surface area contributed by atoms with Gasteiger partial charge in [0.2, 0.25) is 0 Å². The molecule has 1 N–H and O–H groups in total. The Balaban J connectivity index is 0.00000261. The predicted molar refractivity (Wildman–Crippen MR) is 114 cm³/mol. The fourth-order valence-corrected chi connectivity index (χ4v) is 4.06. The van der Waals surface area contributed by atoms with Crippen molar-refractivity contribution < 1.29 is 9.53 Å². The van der Waals surface area contributed by atoms with Crippen molar-refractivity contribution in [3.8, 4) is 5.75 Å². The minimum absolute atomic E-state index is 0. The summed E-state index contributed by atoms with van der Waals surface area (Å²) in [6, 6.07) is 11.9. The Morgan fingerprint density at radius 1 is 1.19 bits per heavy atom. The van der Waals surface area contributed by atoms with Crippen molar-refractivity contribution >= 4 is 29.7 Å². The number of benzene rings is 1. The van der Waals surface area contributed by atoms with Gasteiger partial charge in [-0.15, -0.1) is 23.7 Å². The Kier molecular flexibility index (Phi) is 8.61. The Morgan fingerprint density at radius 3 is 2.48 bits per heavy atom. The quantitative estimate of drug-likeness (QED) is 0.683. The van der Waals surface area contributed by atoms with Crippen LogP contribution < -0.4 is 10.1 Å². The molecule has 148 valence electrons. The number of ether oxygens (including phenoxy) is 1. The number of hydrogen-bond donors (Lipinski definition) is 1. The largest absolute Gasteiger partial charge is 0.493 e. The summed E-state index contributed by atoms with van der Waals surface area (Å²) in [6.45, 7) is 7.79. The average molecular weight is 409 g/mol. The van der Waals surface area contributed by atoms with Crippen LogP contribution in [0.2, 0.25) is 0 Å². The first-order valence-electron chi connectivity index (χ1n) is 9.42. The number of thiophene rings is 1. The highest BCUT2D eigenvalue weighted by Gasteiger charge is 2.24. The number of halogens is 1. The van der Waals surface area contributed by atoms with Crippen LogP contribution in [0.3, 0.4) is 0 Å². The molecule has 1 aromatic heterocycles. The molecule has 0 saturated carbocycles. The summed E-state index contributed by atoms with van der Waals surface area (Å²) in [5.74, 6) is 1.27. The Hall–Kier alpha value is -1.56. The summed E-state index contributed by atoms with van der Waals surface area (Å²) in [6.07, 6.45) is 2.49. The average Bonchev–Trinajstić information content (AvgIpc) is 3.35. The maximum absolute atomic E-state index is 12.5. The zero-order valence-corrected chi connectivity index (χ0v) is 17.7. The summed E-state index contributed by atoms with van der Waals surface area (Å²) >= 11 is 1.77. The second kappa shape index (κ2) is 10.7. The molecule has 27 heavy (non-hydrogen) atoms. The standard InChI is InChI=1S/C21H28N2O2S.ClH/c1-16(2)15-25-18-9-7-17(8-10-18)21(24)22-14-19(20-6-5-13-26-20)23-11-3-4-12-23;/h5-10,13,16,19H,3-4,11-12,14-15H2,1-2H3,(H,22,24);1H. The first-order valence-corrected chi connectivity index (χ1v) is 10.3. The van der Waals surface area contributed by atoms with Crippen molar-refractivity contribution in [3.63, 3.8) is 0 Å². The van der Waals surface area contributed by atoms with Gasteiger partial charge in [0.05, 0.1) is 12.6 Å². The van der Waals surface area contributed by atoms with Crippen molar-refractivity contribution in [2.45, 2.75) is 32.7 Å². The zero-order valence-electron chi connectivity index (χ0n) is 16.0. The van der Waals surface area contributed by atoms with Gasteiger partial charge in [-0.3, -0.25) is 9.69 Å². The van der Waals surface area contributed by atoms with E-state index in [0.29, 0.717) is 24.6 Å². The van der Waals surface area contributed by atoms with Gasteiger partial charge in [-0.2, -0.15) is 0 Å². The molecule has 0 aliphatic carbocycles. The van der Waals surface area contributed by atoms with Gasteiger partial charge < -0.3 is 10.1 Å². The van der Waals surface area contributed by atoms with E-state index < -0.39 is 0 Å². The van der Waals surface area contributed by atoms with Crippen molar-refractivity contribution in [2.75, 3.05) is 26.2 Å². The van der Waals surface area contributed by atoms with Gasteiger partial charge in [0.15, 0.2) is 0 Å². The third-order valence-corrected chi connectivity index (χ3v) is 5.58. The number of nitrogens with one attached hydrogen (secondary N) is 1. The molecule has 1 fully saturated rings. The molecule has 1 unspecified atom stereocenters. The van der Waals surface area contributed by atoms with Crippen LogP contribution in [0.25, 0.3) is 0 Å². The molecular weight excluding hydrogens is 380 g/mol. The third kappa shape index (κ3) is 6.23. The smallest absolute Gasteiger partial charge is 0.251 e. The fourth-order valence-electron chi connectivity index (χ4n) is 3.20. The van der Waals surface area contributed by atoms with Gasteiger partial charge >= 0.3 is 0 Å². The Morgan fingerprint density at radius 2 is 1.89 bits per heavy atom. The second-order valence-corrected chi connectivity index (χ2v) is 8.19. The van der Waals surface area contributed by atoms with E-state index in [2.05, 4.69) is 41.6 Å². The molecule has 3 rings (SSSR count). The summed E-state index contributed by atoms with van der Waals surface area (Å²) in [4.78, 5) is 16.3. The van der Waals surface area contributed by atoms with Crippen LogP contribution >= 0.6 is 23.7 Å². The van der Waals surface area contributed by atoms with Crippen molar-refractivity contribution in [2.24, 2.45) is 5.92 Å². The van der Waals surface area contributed by atoms with Crippen LogP contribution in [0, 0.1) is 5.92 Å². The minimum Gasteiger partial charge on any atom is -0.493 e. The first-order chi connectivity index (χ1) is 12.6. The summed E-state index contributed by atoms with van der Waals surface area (Å²) in [5, 5.41) is 5.23. The lowest BCUT2D eigenvalue weighted by molar-refractivity contribution is 0.0938. The summed E-state index contributed by atoms with van der Waals surface area (Å²) in [7, 11) is 0. The topological polar surface area (TPSA) is 41.6 Å². The molecule has 1 aromatic carbocycles. The third-order valence-electron chi connectivity index (χ3n) is 4.61. The van der Waals surface area contributed by atoms with Crippen molar-refractivity contribution in [1.29, 1.82) is 0 Å². The first kappa shape index (κ1) is 21.7. The Bertz CT molecular complexity index is 683. The number of likely N-dealkylation sites (tertiary alicyclic amines) is 1. The molecule has 1 amide bonds. The van der Waals surface area contributed by atoms with E-state index in [-0.39, 0.29) is 24.4 Å². The number of rotatable bonds is 8. The molecule has 1 aliphatic heterocycles. The zero-order chi connectivity index (χ0) is 18.4. The van der Waals surface area contributed by atoms with Gasteiger partial charge in [-0.25, -0.2) is 0 Å². The summed E-state index contributed by atoms with van der Waals surface area (Å²) in [5.41, 5.74) is 0.674. The van der Waals surface area contributed by atoms with Gasteiger partial charge in [-0.05, 0) is 67.6 Å². The normalized spacial score (nSPS) is 15.4. The number of carbonyl (C=O) groups is 1. The Labute approximate surface area is 172 Å². The highest BCUT2D eigenvalue weighted by molar-refractivity contribution is 7.10. The SMILES string of the molecule is CC(C)COc1ccc(C(=O)NCC(c2cccs2)N2CCCC2)cc1.Cl.